The number of nitrogens with one attached hydrogen (secondary N) is 1. The Labute approximate surface area is 147 Å². The minimum absolute atomic E-state index is 0.138. The molecule has 1 N–H and O–H groups in total. The molecule has 0 atom stereocenters. The molecular weight excluding hydrogens is 318 g/mol. The molecule has 4 nitrogen and oxygen atoms in total. The van der Waals surface area contributed by atoms with E-state index in [9.17, 15) is 4.79 Å². The van der Waals surface area contributed by atoms with E-state index < -0.39 is 0 Å². The standard InChI is InChI=1S/C19H25N3OS/c1-2-3-4-14-5-7-16(8-6-14)18(23)22-19-21-17(13-24-19)15-9-11-20-12-10-15/h9-14,16H,2-8H2,1H3,(H,21,22,23). The SMILES string of the molecule is CCCCC1CCC(C(=O)Nc2nc(-c3ccncc3)cs2)CC1. The molecule has 2 aromatic heterocycles. The van der Waals surface area contributed by atoms with Gasteiger partial charge in [0.25, 0.3) is 0 Å². The van der Waals surface area contributed by atoms with E-state index in [2.05, 4.69) is 22.2 Å². The fourth-order valence-corrected chi connectivity index (χ4v) is 4.12. The Morgan fingerprint density at radius 1 is 1.25 bits per heavy atom. The summed E-state index contributed by atoms with van der Waals surface area (Å²) in [4.78, 5) is 21.0. The lowest BCUT2D eigenvalue weighted by Crippen LogP contribution is -2.27. The fourth-order valence-electron chi connectivity index (χ4n) is 3.40. The van der Waals surface area contributed by atoms with Crippen molar-refractivity contribution in [2.45, 2.75) is 51.9 Å². The van der Waals surface area contributed by atoms with Gasteiger partial charge in [-0.1, -0.05) is 26.2 Å². The van der Waals surface area contributed by atoms with Crippen LogP contribution in [0.15, 0.2) is 29.9 Å². The number of nitrogens with zero attached hydrogens (tertiary/aromatic N) is 2. The van der Waals surface area contributed by atoms with Gasteiger partial charge in [0.2, 0.25) is 5.91 Å². The lowest BCUT2D eigenvalue weighted by Gasteiger charge is -2.27. The summed E-state index contributed by atoms with van der Waals surface area (Å²) in [6, 6.07) is 3.86. The first-order valence-corrected chi connectivity index (χ1v) is 9.81. The lowest BCUT2D eigenvalue weighted by molar-refractivity contribution is -0.121. The molecule has 1 aliphatic carbocycles. The number of amides is 1. The minimum Gasteiger partial charge on any atom is -0.302 e. The molecule has 1 amide bonds. The van der Waals surface area contributed by atoms with Crippen molar-refractivity contribution < 1.29 is 4.79 Å². The number of carbonyl (C=O) groups is 1. The van der Waals surface area contributed by atoms with Crippen LogP contribution in [-0.4, -0.2) is 15.9 Å². The van der Waals surface area contributed by atoms with E-state index in [0.717, 1.165) is 30.0 Å². The molecule has 0 aliphatic heterocycles. The Morgan fingerprint density at radius 2 is 2.00 bits per heavy atom. The maximum atomic E-state index is 12.5. The van der Waals surface area contributed by atoms with Crippen LogP contribution in [0.1, 0.15) is 51.9 Å². The number of thiazole rings is 1. The maximum Gasteiger partial charge on any atom is 0.229 e. The third-order valence-corrected chi connectivity index (χ3v) is 5.65. The van der Waals surface area contributed by atoms with Crippen molar-refractivity contribution in [2.75, 3.05) is 5.32 Å². The van der Waals surface area contributed by atoms with Gasteiger partial charge in [-0.3, -0.25) is 9.78 Å². The van der Waals surface area contributed by atoms with Gasteiger partial charge < -0.3 is 5.32 Å². The largest absolute Gasteiger partial charge is 0.302 e. The van der Waals surface area contributed by atoms with E-state index >= 15 is 0 Å². The third kappa shape index (κ3) is 4.41. The Morgan fingerprint density at radius 3 is 2.71 bits per heavy atom. The molecule has 3 rings (SSSR count). The molecule has 0 aromatic carbocycles. The van der Waals surface area contributed by atoms with Crippen molar-refractivity contribution in [2.24, 2.45) is 11.8 Å². The predicted octanol–water partition coefficient (Wildman–Crippen LogP) is 5.14. The Hall–Kier alpha value is -1.75. The Bertz CT molecular complexity index is 648. The van der Waals surface area contributed by atoms with Crippen LogP contribution in [0.4, 0.5) is 5.13 Å². The highest BCUT2D eigenvalue weighted by atomic mass is 32.1. The quantitative estimate of drug-likeness (QED) is 0.790. The predicted molar refractivity (Wildman–Crippen MR) is 98.9 cm³/mol. The average Bonchev–Trinajstić information content (AvgIpc) is 3.09. The second-order valence-corrected chi connectivity index (χ2v) is 7.48. The molecule has 0 saturated heterocycles. The Kier molecular flexibility index (Phi) is 5.96. The van der Waals surface area contributed by atoms with Crippen molar-refractivity contribution in [3.8, 4) is 11.3 Å². The van der Waals surface area contributed by atoms with Gasteiger partial charge in [0, 0.05) is 29.3 Å². The summed E-state index contributed by atoms with van der Waals surface area (Å²) >= 11 is 1.48. The number of hydrogen-bond donors (Lipinski definition) is 1. The summed E-state index contributed by atoms with van der Waals surface area (Å²) in [5, 5.41) is 5.69. The summed E-state index contributed by atoms with van der Waals surface area (Å²) in [5.74, 6) is 1.11. The molecule has 0 radical (unpaired) electrons. The summed E-state index contributed by atoms with van der Waals surface area (Å²) in [6.07, 6.45) is 11.8. The van der Waals surface area contributed by atoms with Gasteiger partial charge in [0.15, 0.2) is 5.13 Å². The number of hydrogen-bond acceptors (Lipinski definition) is 4. The average molecular weight is 343 g/mol. The van der Waals surface area contributed by atoms with Crippen molar-refractivity contribution in [1.29, 1.82) is 0 Å². The number of anilines is 1. The number of unbranched alkanes of at least 4 members (excludes halogenated alkanes) is 1. The van der Waals surface area contributed by atoms with Crippen LogP contribution in [0.5, 0.6) is 0 Å². The highest BCUT2D eigenvalue weighted by Gasteiger charge is 2.26. The van der Waals surface area contributed by atoms with Gasteiger partial charge in [-0.05, 0) is 43.7 Å². The molecule has 2 aromatic rings. The molecule has 24 heavy (non-hydrogen) atoms. The normalized spacial score (nSPS) is 20.7. The number of aromatic nitrogens is 2. The van der Waals surface area contributed by atoms with Crippen molar-refractivity contribution in [3.63, 3.8) is 0 Å². The molecular formula is C19H25N3OS. The molecule has 0 spiro atoms. The minimum atomic E-state index is 0.138. The van der Waals surface area contributed by atoms with Crippen molar-refractivity contribution >= 4 is 22.4 Å². The monoisotopic (exact) mass is 343 g/mol. The first-order chi connectivity index (χ1) is 11.8. The summed E-state index contributed by atoms with van der Waals surface area (Å²) in [7, 11) is 0. The molecule has 1 saturated carbocycles. The van der Waals surface area contributed by atoms with E-state index in [1.165, 1.54) is 43.4 Å². The summed E-state index contributed by atoms with van der Waals surface area (Å²) in [6.45, 7) is 2.24. The van der Waals surface area contributed by atoms with E-state index in [-0.39, 0.29) is 11.8 Å². The van der Waals surface area contributed by atoms with Gasteiger partial charge in [0.05, 0.1) is 5.69 Å². The first kappa shape index (κ1) is 17.1. The highest BCUT2D eigenvalue weighted by Crippen LogP contribution is 2.33. The molecule has 2 heterocycles. The van der Waals surface area contributed by atoms with Crippen LogP contribution in [0.2, 0.25) is 0 Å². The first-order valence-electron chi connectivity index (χ1n) is 8.93. The lowest BCUT2D eigenvalue weighted by atomic mass is 9.79. The van der Waals surface area contributed by atoms with Crippen LogP contribution in [0, 0.1) is 11.8 Å². The van der Waals surface area contributed by atoms with E-state index in [4.69, 9.17) is 0 Å². The van der Waals surface area contributed by atoms with Gasteiger partial charge >= 0.3 is 0 Å². The smallest absolute Gasteiger partial charge is 0.229 e. The van der Waals surface area contributed by atoms with Gasteiger partial charge in [-0.2, -0.15) is 0 Å². The molecule has 1 aliphatic rings. The van der Waals surface area contributed by atoms with Gasteiger partial charge in [0.1, 0.15) is 0 Å². The molecule has 0 bridgehead atoms. The number of carbonyl (C=O) groups excluding carboxylic acids is 1. The number of rotatable bonds is 6. The van der Waals surface area contributed by atoms with Crippen LogP contribution in [-0.2, 0) is 4.79 Å². The van der Waals surface area contributed by atoms with Crippen LogP contribution >= 0.6 is 11.3 Å². The maximum absolute atomic E-state index is 12.5. The summed E-state index contributed by atoms with van der Waals surface area (Å²) < 4.78 is 0. The highest BCUT2D eigenvalue weighted by molar-refractivity contribution is 7.14. The van der Waals surface area contributed by atoms with Gasteiger partial charge in [-0.15, -0.1) is 11.3 Å². The molecule has 128 valence electrons. The van der Waals surface area contributed by atoms with Crippen LogP contribution in [0.3, 0.4) is 0 Å². The summed E-state index contributed by atoms with van der Waals surface area (Å²) in [5.41, 5.74) is 1.92. The molecule has 0 unspecified atom stereocenters. The zero-order chi connectivity index (χ0) is 16.8. The van der Waals surface area contributed by atoms with Crippen LogP contribution in [0.25, 0.3) is 11.3 Å². The zero-order valence-corrected chi connectivity index (χ0v) is 15.0. The topological polar surface area (TPSA) is 54.9 Å². The zero-order valence-electron chi connectivity index (χ0n) is 14.2. The van der Waals surface area contributed by atoms with Crippen molar-refractivity contribution in [1.82, 2.24) is 9.97 Å². The second-order valence-electron chi connectivity index (χ2n) is 6.62. The fraction of sp³-hybridized carbons (Fsp3) is 0.526. The Balaban J connectivity index is 1.52. The molecule has 1 fully saturated rings. The molecule has 5 heteroatoms. The van der Waals surface area contributed by atoms with E-state index in [0.29, 0.717) is 5.13 Å². The van der Waals surface area contributed by atoms with Crippen LogP contribution < -0.4 is 5.32 Å². The number of pyridine rings is 1. The third-order valence-electron chi connectivity index (χ3n) is 4.89. The second kappa shape index (κ2) is 8.38. The van der Waals surface area contributed by atoms with E-state index in [1.807, 2.05) is 17.5 Å². The van der Waals surface area contributed by atoms with Crippen molar-refractivity contribution in [3.05, 3.63) is 29.9 Å². The van der Waals surface area contributed by atoms with E-state index in [1.54, 1.807) is 12.4 Å². The van der Waals surface area contributed by atoms with Gasteiger partial charge in [-0.25, -0.2) is 4.98 Å².